The maximum Gasteiger partial charge on any atom is 0.0862 e. The van der Waals surface area contributed by atoms with Gasteiger partial charge < -0.3 is 10.8 Å². The van der Waals surface area contributed by atoms with Crippen LogP contribution in [0.25, 0.3) is 0 Å². The summed E-state index contributed by atoms with van der Waals surface area (Å²) in [5.41, 5.74) is 9.01. The van der Waals surface area contributed by atoms with Crippen molar-refractivity contribution in [3.05, 3.63) is 29.0 Å². The van der Waals surface area contributed by atoms with Gasteiger partial charge in [0, 0.05) is 24.7 Å². The Bertz CT molecular complexity index is 469. The quantitative estimate of drug-likeness (QED) is 0.792. The predicted octanol–water partition coefficient (Wildman–Crippen LogP) is 0.415. The highest BCUT2D eigenvalue weighted by molar-refractivity contribution is 7.07. The fourth-order valence-corrected chi connectivity index (χ4v) is 2.32. The topological polar surface area (TPSA) is 80.2 Å². The van der Waals surface area contributed by atoms with E-state index >= 15 is 0 Å². The zero-order chi connectivity index (χ0) is 13.0. The molecule has 0 spiro atoms. The maximum absolute atomic E-state index is 9.95. The number of nitrogens with two attached hydrogens (primary N) is 1. The molecule has 2 aromatic rings. The lowest BCUT2D eigenvalue weighted by molar-refractivity contribution is 0.103. The fourth-order valence-electron chi connectivity index (χ4n) is 1.77. The maximum atomic E-state index is 9.95. The number of likely N-dealkylation sites (N-methyl/N-ethyl adjacent to an activating group) is 1. The number of anilines is 1. The van der Waals surface area contributed by atoms with E-state index < -0.39 is 6.10 Å². The number of aliphatic hydroxyl groups excluding tert-OH is 1. The average molecular weight is 267 g/mol. The Hall–Kier alpha value is -1.44. The minimum atomic E-state index is -0.479. The van der Waals surface area contributed by atoms with Crippen molar-refractivity contribution in [2.75, 3.05) is 19.3 Å². The first-order chi connectivity index (χ1) is 8.63. The van der Waals surface area contributed by atoms with Crippen molar-refractivity contribution in [3.8, 4) is 0 Å². The Morgan fingerprint density at radius 1 is 1.61 bits per heavy atom. The van der Waals surface area contributed by atoms with Crippen LogP contribution in [-0.4, -0.2) is 44.5 Å². The van der Waals surface area contributed by atoms with Crippen LogP contribution in [0.15, 0.2) is 23.3 Å². The van der Waals surface area contributed by atoms with Crippen LogP contribution in [0, 0.1) is 0 Å². The standard InChI is InChI=1S/C11H17N5OS/c1-15(4-10-7-18-8-13-10)5-11(17)6-16-3-9(12)2-14-16/h2-3,7-8,11,17H,4-6,12H2,1H3. The van der Waals surface area contributed by atoms with Gasteiger partial charge >= 0.3 is 0 Å². The van der Waals surface area contributed by atoms with E-state index in [2.05, 4.69) is 10.1 Å². The van der Waals surface area contributed by atoms with Crippen LogP contribution < -0.4 is 5.73 Å². The highest BCUT2D eigenvalue weighted by Gasteiger charge is 2.10. The third kappa shape index (κ3) is 3.80. The van der Waals surface area contributed by atoms with Gasteiger partial charge in [-0.2, -0.15) is 5.10 Å². The molecule has 0 aliphatic rings. The normalized spacial score (nSPS) is 13.1. The highest BCUT2D eigenvalue weighted by atomic mass is 32.1. The number of rotatable bonds is 6. The molecule has 0 saturated heterocycles. The van der Waals surface area contributed by atoms with E-state index in [1.165, 1.54) is 0 Å². The lowest BCUT2D eigenvalue weighted by Crippen LogP contribution is -2.32. The predicted molar refractivity (Wildman–Crippen MR) is 71.1 cm³/mol. The second kappa shape index (κ2) is 5.94. The summed E-state index contributed by atoms with van der Waals surface area (Å²) in [6.45, 7) is 1.75. The van der Waals surface area contributed by atoms with Crippen molar-refractivity contribution < 1.29 is 5.11 Å². The molecule has 2 heterocycles. The number of nitrogens with zero attached hydrogens (tertiary/aromatic N) is 4. The van der Waals surface area contributed by atoms with Crippen LogP contribution in [0.3, 0.4) is 0 Å². The summed E-state index contributed by atoms with van der Waals surface area (Å²) in [5, 5.41) is 16.0. The van der Waals surface area contributed by atoms with Crippen LogP contribution in [0.2, 0.25) is 0 Å². The number of aromatic nitrogens is 3. The van der Waals surface area contributed by atoms with Crippen molar-refractivity contribution in [1.29, 1.82) is 0 Å². The molecule has 98 valence electrons. The molecule has 6 nitrogen and oxygen atoms in total. The van der Waals surface area contributed by atoms with E-state index in [0.29, 0.717) is 18.8 Å². The number of thiazole rings is 1. The summed E-state index contributed by atoms with van der Waals surface area (Å²) in [5.74, 6) is 0. The second-order valence-corrected chi connectivity index (χ2v) is 5.04. The van der Waals surface area contributed by atoms with Crippen LogP contribution >= 0.6 is 11.3 Å². The Morgan fingerprint density at radius 3 is 3.06 bits per heavy atom. The first-order valence-electron chi connectivity index (χ1n) is 5.65. The van der Waals surface area contributed by atoms with Gasteiger partial charge in [0.1, 0.15) is 0 Å². The van der Waals surface area contributed by atoms with E-state index in [9.17, 15) is 5.11 Å². The minimum absolute atomic E-state index is 0.443. The molecule has 18 heavy (non-hydrogen) atoms. The molecule has 0 aliphatic carbocycles. The largest absolute Gasteiger partial charge is 0.396 e. The van der Waals surface area contributed by atoms with Gasteiger partial charge in [0.2, 0.25) is 0 Å². The molecule has 2 aromatic heterocycles. The summed E-state index contributed by atoms with van der Waals surface area (Å²) in [6.07, 6.45) is 2.81. The lowest BCUT2D eigenvalue weighted by atomic mass is 10.3. The van der Waals surface area contributed by atoms with Gasteiger partial charge in [0.15, 0.2) is 0 Å². The van der Waals surface area contributed by atoms with Gasteiger partial charge in [-0.3, -0.25) is 9.58 Å². The third-order valence-electron chi connectivity index (χ3n) is 2.49. The van der Waals surface area contributed by atoms with Gasteiger partial charge in [-0.15, -0.1) is 11.3 Å². The van der Waals surface area contributed by atoms with Crippen molar-refractivity contribution in [2.24, 2.45) is 0 Å². The zero-order valence-electron chi connectivity index (χ0n) is 10.2. The molecule has 0 aromatic carbocycles. The van der Waals surface area contributed by atoms with Gasteiger partial charge in [0.05, 0.1) is 35.7 Å². The molecule has 3 N–H and O–H groups in total. The lowest BCUT2D eigenvalue weighted by Gasteiger charge is -2.19. The van der Waals surface area contributed by atoms with Gasteiger partial charge in [-0.1, -0.05) is 0 Å². The summed E-state index contributed by atoms with van der Waals surface area (Å²) >= 11 is 1.58. The molecule has 0 aliphatic heterocycles. The summed E-state index contributed by atoms with van der Waals surface area (Å²) in [6, 6.07) is 0. The molecule has 0 amide bonds. The molecule has 0 bridgehead atoms. The fraction of sp³-hybridized carbons (Fsp3) is 0.455. The molecule has 7 heteroatoms. The number of nitrogen functional groups attached to an aromatic ring is 1. The van der Waals surface area contributed by atoms with E-state index in [0.717, 1.165) is 12.2 Å². The molecule has 0 saturated carbocycles. The van der Waals surface area contributed by atoms with Crippen molar-refractivity contribution in [3.63, 3.8) is 0 Å². The number of hydrogen-bond donors (Lipinski definition) is 2. The van der Waals surface area contributed by atoms with Gasteiger partial charge in [0.25, 0.3) is 0 Å². The third-order valence-corrected chi connectivity index (χ3v) is 3.12. The zero-order valence-corrected chi connectivity index (χ0v) is 11.0. The van der Waals surface area contributed by atoms with Crippen LogP contribution in [0.1, 0.15) is 5.69 Å². The molecule has 1 atom stereocenters. The minimum Gasteiger partial charge on any atom is -0.396 e. The summed E-state index contributed by atoms with van der Waals surface area (Å²) in [4.78, 5) is 6.25. The Kier molecular flexibility index (Phi) is 4.29. The highest BCUT2D eigenvalue weighted by Crippen LogP contribution is 2.05. The molecular formula is C11H17N5OS. The van der Waals surface area contributed by atoms with Crippen molar-refractivity contribution in [2.45, 2.75) is 19.2 Å². The van der Waals surface area contributed by atoms with Crippen molar-refractivity contribution >= 4 is 17.0 Å². The molecule has 1 unspecified atom stereocenters. The van der Waals surface area contributed by atoms with Crippen LogP contribution in [0.4, 0.5) is 5.69 Å². The summed E-state index contributed by atoms with van der Waals surface area (Å²) < 4.78 is 1.65. The number of aliphatic hydroxyl groups is 1. The Balaban J connectivity index is 1.78. The molecule has 2 rings (SSSR count). The molecule has 0 radical (unpaired) electrons. The first-order valence-corrected chi connectivity index (χ1v) is 6.59. The van der Waals surface area contributed by atoms with Gasteiger partial charge in [-0.25, -0.2) is 4.98 Å². The van der Waals surface area contributed by atoms with Crippen LogP contribution in [-0.2, 0) is 13.1 Å². The Morgan fingerprint density at radius 2 is 2.44 bits per heavy atom. The van der Waals surface area contributed by atoms with Gasteiger partial charge in [-0.05, 0) is 7.05 Å². The number of hydrogen-bond acceptors (Lipinski definition) is 6. The smallest absolute Gasteiger partial charge is 0.0862 e. The molecule has 0 fully saturated rings. The monoisotopic (exact) mass is 267 g/mol. The SMILES string of the molecule is CN(Cc1cscn1)CC(O)Cn1cc(N)cn1. The first kappa shape index (κ1) is 13.0. The van der Waals surface area contributed by atoms with E-state index in [1.807, 2.05) is 22.8 Å². The van der Waals surface area contributed by atoms with E-state index in [4.69, 9.17) is 5.73 Å². The molecular weight excluding hydrogens is 250 g/mol. The second-order valence-electron chi connectivity index (χ2n) is 4.33. The average Bonchev–Trinajstić information content (AvgIpc) is 2.90. The summed E-state index contributed by atoms with van der Waals surface area (Å²) in [7, 11) is 1.96. The van der Waals surface area contributed by atoms with E-state index in [-0.39, 0.29) is 0 Å². The van der Waals surface area contributed by atoms with Crippen LogP contribution in [0.5, 0.6) is 0 Å². The Labute approximate surface area is 110 Å². The van der Waals surface area contributed by atoms with Crippen molar-refractivity contribution in [1.82, 2.24) is 19.7 Å². The van der Waals surface area contributed by atoms with E-state index in [1.54, 1.807) is 28.4 Å².